The predicted octanol–water partition coefficient (Wildman–Crippen LogP) is 1.49. The normalized spacial score (nSPS) is 23.6. The molecule has 0 aromatic carbocycles. The highest BCUT2D eigenvalue weighted by Gasteiger charge is 2.29. The lowest BCUT2D eigenvalue weighted by atomic mass is 10.1. The lowest BCUT2D eigenvalue weighted by molar-refractivity contribution is 0.239. The number of thioether (sulfide) groups is 1. The van der Waals surface area contributed by atoms with Gasteiger partial charge in [-0.2, -0.15) is 16.9 Å². The second kappa shape index (κ2) is 5.44. The number of hydrogen-bond donors (Lipinski definition) is 3. The van der Waals surface area contributed by atoms with Crippen LogP contribution < -0.4 is 10.6 Å². The first-order valence-corrected chi connectivity index (χ1v) is 6.80. The third-order valence-electron chi connectivity index (χ3n) is 2.92. The molecular weight excluding hydrogens is 236 g/mol. The van der Waals surface area contributed by atoms with Gasteiger partial charge in [0.25, 0.3) is 0 Å². The summed E-state index contributed by atoms with van der Waals surface area (Å²) in [4.78, 5) is 11.6. The van der Waals surface area contributed by atoms with Crippen molar-refractivity contribution in [1.82, 2.24) is 20.8 Å². The molecule has 6 heteroatoms. The number of rotatable bonds is 4. The van der Waals surface area contributed by atoms with Crippen LogP contribution in [0, 0.1) is 0 Å². The Labute approximate surface area is 105 Å². The lowest BCUT2D eigenvalue weighted by Gasteiger charge is -2.22. The Morgan fingerprint density at radius 1 is 1.65 bits per heavy atom. The van der Waals surface area contributed by atoms with Gasteiger partial charge in [-0.15, -0.1) is 0 Å². The van der Waals surface area contributed by atoms with Crippen molar-refractivity contribution in [2.24, 2.45) is 0 Å². The standard InChI is InChI=1S/C11H18N4OS/c1-11(4-2-6-17-11)8-13-10(16)12-7-9-3-5-14-15-9/h3,5H,2,4,6-8H2,1H3,(H,14,15)(H2,12,13,16)/t11-/m1/s1. The largest absolute Gasteiger partial charge is 0.337 e. The summed E-state index contributed by atoms with van der Waals surface area (Å²) in [6.07, 6.45) is 4.10. The predicted molar refractivity (Wildman–Crippen MR) is 68.9 cm³/mol. The van der Waals surface area contributed by atoms with Crippen molar-refractivity contribution >= 4 is 17.8 Å². The number of aromatic amines is 1. The molecule has 1 aromatic heterocycles. The Bertz CT molecular complexity index is 360. The average molecular weight is 254 g/mol. The molecule has 3 N–H and O–H groups in total. The Kier molecular flexibility index (Phi) is 3.93. The van der Waals surface area contributed by atoms with E-state index >= 15 is 0 Å². The summed E-state index contributed by atoms with van der Waals surface area (Å²) < 4.78 is 0.214. The molecule has 0 radical (unpaired) electrons. The van der Waals surface area contributed by atoms with Crippen molar-refractivity contribution in [1.29, 1.82) is 0 Å². The Morgan fingerprint density at radius 2 is 2.53 bits per heavy atom. The van der Waals surface area contributed by atoms with Crippen LogP contribution in [0.4, 0.5) is 4.79 Å². The van der Waals surface area contributed by atoms with E-state index in [9.17, 15) is 4.79 Å². The lowest BCUT2D eigenvalue weighted by Crippen LogP contribution is -2.42. The van der Waals surface area contributed by atoms with E-state index in [-0.39, 0.29) is 10.8 Å². The number of carbonyl (C=O) groups excluding carboxylic acids is 1. The first-order valence-electron chi connectivity index (χ1n) is 5.82. The fraction of sp³-hybridized carbons (Fsp3) is 0.636. The van der Waals surface area contributed by atoms with E-state index in [4.69, 9.17) is 0 Å². The van der Waals surface area contributed by atoms with Crippen LogP contribution in [0.3, 0.4) is 0 Å². The fourth-order valence-electron chi connectivity index (χ4n) is 1.86. The molecule has 0 aliphatic carbocycles. The zero-order chi connectivity index (χ0) is 12.1. The molecule has 2 heterocycles. The quantitative estimate of drug-likeness (QED) is 0.762. The van der Waals surface area contributed by atoms with Gasteiger partial charge in [-0.05, 0) is 31.6 Å². The third kappa shape index (κ3) is 3.66. The van der Waals surface area contributed by atoms with Crippen molar-refractivity contribution < 1.29 is 4.79 Å². The van der Waals surface area contributed by atoms with Gasteiger partial charge in [-0.1, -0.05) is 0 Å². The number of hydrogen-bond acceptors (Lipinski definition) is 3. The summed E-state index contributed by atoms with van der Waals surface area (Å²) in [7, 11) is 0. The molecule has 2 rings (SSSR count). The zero-order valence-corrected chi connectivity index (χ0v) is 10.8. The van der Waals surface area contributed by atoms with Crippen LogP contribution >= 0.6 is 11.8 Å². The van der Waals surface area contributed by atoms with Gasteiger partial charge in [-0.3, -0.25) is 5.10 Å². The van der Waals surface area contributed by atoms with Gasteiger partial charge in [0, 0.05) is 17.5 Å². The molecule has 1 aliphatic rings. The van der Waals surface area contributed by atoms with Crippen LogP contribution in [0.1, 0.15) is 25.5 Å². The van der Waals surface area contributed by atoms with Crippen LogP contribution in [0.25, 0.3) is 0 Å². The summed E-state index contributed by atoms with van der Waals surface area (Å²) in [5.74, 6) is 1.20. The molecule has 1 aromatic rings. The van der Waals surface area contributed by atoms with Gasteiger partial charge in [0.1, 0.15) is 0 Å². The molecule has 0 unspecified atom stereocenters. The number of aromatic nitrogens is 2. The molecule has 0 spiro atoms. The number of nitrogens with one attached hydrogen (secondary N) is 3. The monoisotopic (exact) mass is 254 g/mol. The molecule has 1 atom stereocenters. The molecule has 1 saturated heterocycles. The first kappa shape index (κ1) is 12.3. The van der Waals surface area contributed by atoms with Crippen molar-refractivity contribution in [2.45, 2.75) is 31.1 Å². The van der Waals surface area contributed by atoms with Crippen LogP contribution in [-0.2, 0) is 6.54 Å². The van der Waals surface area contributed by atoms with Gasteiger partial charge < -0.3 is 10.6 Å². The van der Waals surface area contributed by atoms with Crippen LogP contribution in [0.2, 0.25) is 0 Å². The van der Waals surface area contributed by atoms with Gasteiger partial charge in [0.05, 0.1) is 12.2 Å². The number of carbonyl (C=O) groups is 1. The minimum atomic E-state index is -0.117. The zero-order valence-electron chi connectivity index (χ0n) is 9.95. The molecule has 0 saturated carbocycles. The van der Waals surface area contributed by atoms with E-state index in [2.05, 4.69) is 27.8 Å². The molecule has 17 heavy (non-hydrogen) atoms. The SMILES string of the molecule is C[C@]1(CNC(=O)NCc2ccn[nH]2)CCCS1. The highest BCUT2D eigenvalue weighted by molar-refractivity contribution is 8.00. The Morgan fingerprint density at radius 3 is 3.18 bits per heavy atom. The van der Waals surface area contributed by atoms with Crippen LogP contribution in [0.5, 0.6) is 0 Å². The summed E-state index contributed by atoms with van der Waals surface area (Å²) in [5.41, 5.74) is 0.904. The van der Waals surface area contributed by atoms with E-state index in [1.807, 2.05) is 17.8 Å². The van der Waals surface area contributed by atoms with Crippen molar-refractivity contribution in [2.75, 3.05) is 12.3 Å². The summed E-state index contributed by atoms with van der Waals surface area (Å²) in [6.45, 7) is 3.42. The maximum Gasteiger partial charge on any atom is 0.315 e. The van der Waals surface area contributed by atoms with Gasteiger partial charge in [0.2, 0.25) is 0 Å². The summed E-state index contributed by atoms with van der Waals surface area (Å²) in [6, 6.07) is 1.72. The molecule has 5 nitrogen and oxygen atoms in total. The minimum Gasteiger partial charge on any atom is -0.337 e. The van der Waals surface area contributed by atoms with Gasteiger partial charge in [-0.25, -0.2) is 4.79 Å². The Hall–Kier alpha value is -1.17. The van der Waals surface area contributed by atoms with Crippen LogP contribution in [-0.4, -0.2) is 33.3 Å². The molecular formula is C11H18N4OS. The molecule has 94 valence electrons. The van der Waals surface area contributed by atoms with Gasteiger partial charge >= 0.3 is 6.03 Å². The molecule has 2 amide bonds. The van der Waals surface area contributed by atoms with Crippen molar-refractivity contribution in [3.63, 3.8) is 0 Å². The van der Waals surface area contributed by atoms with E-state index < -0.39 is 0 Å². The number of amides is 2. The Balaban J connectivity index is 1.67. The summed E-state index contributed by atoms with van der Waals surface area (Å²) in [5, 5.41) is 12.3. The topological polar surface area (TPSA) is 69.8 Å². The number of nitrogens with zero attached hydrogens (tertiary/aromatic N) is 1. The maximum atomic E-state index is 11.6. The van der Waals surface area contributed by atoms with Crippen molar-refractivity contribution in [3.8, 4) is 0 Å². The third-order valence-corrected chi connectivity index (χ3v) is 4.46. The number of H-pyrrole nitrogens is 1. The van der Waals surface area contributed by atoms with E-state index in [1.54, 1.807) is 6.20 Å². The fourth-order valence-corrected chi connectivity index (χ4v) is 3.11. The van der Waals surface area contributed by atoms with E-state index in [0.717, 1.165) is 12.2 Å². The highest BCUT2D eigenvalue weighted by atomic mass is 32.2. The second-order valence-corrected chi connectivity index (χ2v) is 6.20. The molecule has 1 aliphatic heterocycles. The van der Waals surface area contributed by atoms with Crippen molar-refractivity contribution in [3.05, 3.63) is 18.0 Å². The first-order chi connectivity index (χ1) is 8.18. The van der Waals surface area contributed by atoms with E-state index in [1.165, 1.54) is 18.6 Å². The molecule has 0 bridgehead atoms. The summed E-state index contributed by atoms with van der Waals surface area (Å²) >= 11 is 1.94. The minimum absolute atomic E-state index is 0.117. The molecule has 1 fully saturated rings. The second-order valence-electron chi connectivity index (χ2n) is 4.52. The maximum absolute atomic E-state index is 11.6. The van der Waals surface area contributed by atoms with E-state index in [0.29, 0.717) is 6.54 Å². The highest BCUT2D eigenvalue weighted by Crippen LogP contribution is 2.36. The number of urea groups is 1. The van der Waals surface area contributed by atoms with Crippen LogP contribution in [0.15, 0.2) is 12.3 Å². The van der Waals surface area contributed by atoms with Gasteiger partial charge in [0.15, 0.2) is 0 Å². The smallest absolute Gasteiger partial charge is 0.315 e. The average Bonchev–Trinajstić information content (AvgIpc) is 2.95.